The Labute approximate surface area is 221 Å². The maximum absolute atomic E-state index is 12.8. The Morgan fingerprint density at radius 2 is 1.95 bits per heavy atom. The van der Waals surface area contributed by atoms with Gasteiger partial charge in [0.25, 0.3) is 5.56 Å². The van der Waals surface area contributed by atoms with Crippen LogP contribution in [-0.2, 0) is 7.05 Å². The highest BCUT2D eigenvalue weighted by atomic mass is 35.5. The van der Waals surface area contributed by atoms with Crippen LogP contribution < -0.4 is 20.5 Å². The van der Waals surface area contributed by atoms with Gasteiger partial charge in [-0.05, 0) is 55.9 Å². The molecule has 0 atom stereocenters. The molecule has 2 aromatic heterocycles. The average molecular weight is 526 g/mol. The highest BCUT2D eigenvalue weighted by Crippen LogP contribution is 2.33. The van der Waals surface area contributed by atoms with Gasteiger partial charge in [0.05, 0.1) is 24.0 Å². The standard InChI is InChI=1S/C17H19ClN4O.C11H14FNO/c1-21(11-6-4-3-5-7-11)16-12(10-19)17(23)22(2)13-8-9-14(18)20-15(13)16;1-14-11-6-9(12)4-5-10(11)13-7-8-2-3-8/h8-9,11H,3-7H2,1-2H3;4-6,8,13H,2-3,7H2,1H3. The van der Waals surface area contributed by atoms with Crippen molar-refractivity contribution < 1.29 is 9.13 Å². The number of hydrogen-bond acceptors (Lipinski definition) is 6. The second kappa shape index (κ2) is 11.8. The molecule has 2 saturated carbocycles. The molecule has 0 spiro atoms. The number of aromatic nitrogens is 2. The quantitative estimate of drug-likeness (QED) is 0.404. The molecule has 3 aromatic rings. The van der Waals surface area contributed by atoms with Crippen molar-refractivity contribution in [2.45, 2.75) is 51.0 Å². The van der Waals surface area contributed by atoms with E-state index in [1.54, 1.807) is 32.4 Å². The highest BCUT2D eigenvalue weighted by molar-refractivity contribution is 6.29. The summed E-state index contributed by atoms with van der Waals surface area (Å²) in [5, 5.41) is 13.2. The van der Waals surface area contributed by atoms with Crippen LogP contribution in [0.4, 0.5) is 15.8 Å². The summed E-state index contributed by atoms with van der Waals surface area (Å²) in [6.45, 7) is 0.960. The monoisotopic (exact) mass is 525 g/mol. The van der Waals surface area contributed by atoms with Gasteiger partial charge in [0, 0.05) is 32.7 Å². The Morgan fingerprint density at radius 1 is 1.22 bits per heavy atom. The number of ether oxygens (including phenoxy) is 1. The lowest BCUT2D eigenvalue weighted by Gasteiger charge is -2.33. The molecule has 0 unspecified atom stereocenters. The third-order valence-electron chi connectivity index (χ3n) is 7.21. The number of benzene rings is 1. The third-order valence-corrected chi connectivity index (χ3v) is 7.42. The van der Waals surface area contributed by atoms with E-state index in [4.69, 9.17) is 16.3 Å². The Morgan fingerprint density at radius 3 is 2.59 bits per heavy atom. The number of fused-ring (bicyclic) bond motifs is 1. The number of nitriles is 1. The number of hydrogen-bond donors (Lipinski definition) is 1. The number of rotatable bonds is 6. The number of pyridine rings is 2. The van der Waals surface area contributed by atoms with E-state index in [1.165, 1.54) is 48.8 Å². The van der Waals surface area contributed by atoms with Gasteiger partial charge < -0.3 is 19.5 Å². The molecular formula is C28H33ClFN5O2. The van der Waals surface area contributed by atoms with Gasteiger partial charge in [-0.15, -0.1) is 0 Å². The fourth-order valence-corrected chi connectivity index (χ4v) is 5.00. The maximum atomic E-state index is 12.8. The summed E-state index contributed by atoms with van der Waals surface area (Å²) in [5.74, 6) is 1.11. The summed E-state index contributed by atoms with van der Waals surface area (Å²) in [6.07, 6.45) is 8.34. The molecule has 7 nitrogen and oxygen atoms in total. The summed E-state index contributed by atoms with van der Waals surface area (Å²) in [5.41, 5.74) is 2.64. The van der Waals surface area contributed by atoms with E-state index in [1.807, 2.05) is 7.05 Å². The fraction of sp³-hybridized carbons (Fsp3) is 0.464. The van der Waals surface area contributed by atoms with Crippen LogP contribution >= 0.6 is 11.6 Å². The van der Waals surface area contributed by atoms with Crippen LogP contribution in [-0.4, -0.2) is 36.3 Å². The van der Waals surface area contributed by atoms with Crippen molar-refractivity contribution in [3.63, 3.8) is 0 Å². The predicted octanol–water partition coefficient (Wildman–Crippen LogP) is 5.88. The summed E-state index contributed by atoms with van der Waals surface area (Å²) in [6, 6.07) is 10.4. The molecule has 0 aliphatic heterocycles. The first kappa shape index (κ1) is 26.7. The van der Waals surface area contributed by atoms with Gasteiger partial charge in [-0.1, -0.05) is 30.9 Å². The molecule has 196 valence electrons. The largest absolute Gasteiger partial charge is 0.494 e. The Hall–Kier alpha value is -3.31. The first-order valence-electron chi connectivity index (χ1n) is 12.7. The molecule has 2 fully saturated rings. The van der Waals surface area contributed by atoms with Crippen LogP contribution in [0.25, 0.3) is 11.0 Å². The van der Waals surface area contributed by atoms with Gasteiger partial charge in [0.1, 0.15) is 33.9 Å². The molecule has 37 heavy (non-hydrogen) atoms. The molecule has 1 N–H and O–H groups in total. The van der Waals surface area contributed by atoms with Crippen molar-refractivity contribution in [1.82, 2.24) is 9.55 Å². The zero-order valence-electron chi connectivity index (χ0n) is 21.6. The van der Waals surface area contributed by atoms with Crippen LogP contribution in [0.2, 0.25) is 5.15 Å². The van der Waals surface area contributed by atoms with Crippen LogP contribution in [0.15, 0.2) is 35.1 Å². The lowest BCUT2D eigenvalue weighted by Crippen LogP contribution is -2.36. The summed E-state index contributed by atoms with van der Waals surface area (Å²) in [7, 11) is 5.16. The first-order chi connectivity index (χ1) is 17.8. The molecule has 2 aliphatic rings. The lowest BCUT2D eigenvalue weighted by molar-refractivity contribution is 0.413. The Kier molecular flexibility index (Phi) is 8.55. The van der Waals surface area contributed by atoms with E-state index in [2.05, 4.69) is 21.3 Å². The van der Waals surface area contributed by atoms with Crippen LogP contribution in [0.5, 0.6) is 5.75 Å². The van der Waals surface area contributed by atoms with Gasteiger partial charge >= 0.3 is 0 Å². The normalized spacial score (nSPS) is 15.5. The summed E-state index contributed by atoms with van der Waals surface area (Å²) in [4.78, 5) is 19.0. The maximum Gasteiger partial charge on any atom is 0.270 e. The van der Waals surface area contributed by atoms with E-state index in [9.17, 15) is 14.4 Å². The molecule has 2 heterocycles. The van der Waals surface area contributed by atoms with Crippen molar-refractivity contribution in [3.8, 4) is 11.8 Å². The zero-order valence-corrected chi connectivity index (χ0v) is 22.3. The van der Waals surface area contributed by atoms with Crippen LogP contribution in [0, 0.1) is 23.1 Å². The smallest absolute Gasteiger partial charge is 0.270 e. The third kappa shape index (κ3) is 6.16. The molecule has 0 saturated heterocycles. The van der Waals surface area contributed by atoms with Crippen molar-refractivity contribution >= 4 is 34.0 Å². The van der Waals surface area contributed by atoms with E-state index in [-0.39, 0.29) is 16.9 Å². The summed E-state index contributed by atoms with van der Waals surface area (Å²) < 4.78 is 19.4. The van der Waals surface area contributed by atoms with Crippen molar-refractivity contribution in [2.75, 3.05) is 30.9 Å². The number of halogens is 2. The topological polar surface area (TPSA) is 83.2 Å². The van der Waals surface area contributed by atoms with E-state index >= 15 is 0 Å². The molecule has 1 aromatic carbocycles. The molecule has 2 aliphatic carbocycles. The molecule has 5 rings (SSSR count). The second-order valence-corrected chi connectivity index (χ2v) is 10.2. The minimum atomic E-state index is -0.290. The minimum Gasteiger partial charge on any atom is -0.494 e. The fourth-order valence-electron chi connectivity index (χ4n) is 4.85. The predicted molar refractivity (Wildman–Crippen MR) is 146 cm³/mol. The number of nitrogens with one attached hydrogen (secondary N) is 1. The van der Waals surface area contributed by atoms with Gasteiger partial charge in [-0.3, -0.25) is 4.79 Å². The highest BCUT2D eigenvalue weighted by Gasteiger charge is 2.26. The zero-order chi connectivity index (χ0) is 26.5. The van der Waals surface area contributed by atoms with Crippen LogP contribution in [0.1, 0.15) is 50.5 Å². The number of anilines is 2. The average Bonchev–Trinajstić information content (AvgIpc) is 3.75. The minimum absolute atomic E-state index is 0.142. The van der Waals surface area contributed by atoms with Gasteiger partial charge in [0.15, 0.2) is 0 Å². The molecule has 0 radical (unpaired) electrons. The van der Waals surface area contributed by atoms with Gasteiger partial charge in [-0.25, -0.2) is 9.37 Å². The number of methoxy groups -OCH3 is 1. The van der Waals surface area contributed by atoms with E-state index < -0.39 is 0 Å². The molecular weight excluding hydrogens is 493 g/mol. The SMILES string of the molecule is CN(c1c(C#N)c(=O)n(C)c2ccc(Cl)nc12)C1CCCCC1.COc1cc(F)ccc1NCC1CC1. The summed E-state index contributed by atoms with van der Waals surface area (Å²) >= 11 is 6.07. The van der Waals surface area contributed by atoms with Crippen molar-refractivity contribution in [1.29, 1.82) is 5.26 Å². The number of nitrogens with zero attached hydrogens (tertiary/aromatic N) is 4. The Bertz CT molecular complexity index is 1360. The Balaban J connectivity index is 0.000000195. The molecule has 0 amide bonds. The van der Waals surface area contributed by atoms with Gasteiger partial charge in [-0.2, -0.15) is 5.26 Å². The van der Waals surface area contributed by atoms with E-state index in [0.717, 1.165) is 31.0 Å². The van der Waals surface area contributed by atoms with Gasteiger partial charge in [0.2, 0.25) is 0 Å². The lowest BCUT2D eigenvalue weighted by atomic mass is 9.93. The van der Waals surface area contributed by atoms with Crippen molar-refractivity contribution in [3.05, 3.63) is 57.2 Å². The van der Waals surface area contributed by atoms with E-state index in [0.29, 0.717) is 33.7 Å². The number of aryl methyl sites for hydroxylation is 1. The first-order valence-corrected chi connectivity index (χ1v) is 13.1. The second-order valence-electron chi connectivity index (χ2n) is 9.77. The molecule has 0 bridgehead atoms. The van der Waals surface area contributed by atoms with Crippen molar-refractivity contribution in [2.24, 2.45) is 13.0 Å². The molecule has 9 heteroatoms. The van der Waals surface area contributed by atoms with Crippen LogP contribution in [0.3, 0.4) is 0 Å².